The van der Waals surface area contributed by atoms with Crippen LogP contribution in [-0.2, 0) is 0 Å². The molecule has 3 heterocycles. The van der Waals surface area contributed by atoms with Crippen molar-refractivity contribution in [3.05, 3.63) is 59.3 Å². The Hall–Kier alpha value is -3.29. The van der Waals surface area contributed by atoms with Gasteiger partial charge in [-0.15, -0.1) is 0 Å². The van der Waals surface area contributed by atoms with Crippen LogP contribution >= 0.6 is 0 Å². The van der Waals surface area contributed by atoms with Crippen LogP contribution in [0.15, 0.2) is 41.1 Å². The number of likely N-dealkylation sites (tertiary alicyclic amines) is 1. The predicted octanol–water partition coefficient (Wildman–Crippen LogP) is 4.01. The van der Waals surface area contributed by atoms with E-state index in [1.54, 1.807) is 23.2 Å². The van der Waals surface area contributed by atoms with Crippen LogP contribution in [-0.4, -0.2) is 46.6 Å². The van der Waals surface area contributed by atoms with Gasteiger partial charge < -0.3 is 14.3 Å². The first-order valence-corrected chi connectivity index (χ1v) is 9.99. The van der Waals surface area contributed by atoms with Gasteiger partial charge in [0.25, 0.3) is 5.91 Å². The van der Waals surface area contributed by atoms with Crippen molar-refractivity contribution < 1.29 is 13.7 Å². The number of benzene rings is 1. The molecule has 30 heavy (non-hydrogen) atoms. The molecule has 156 valence electrons. The van der Waals surface area contributed by atoms with E-state index in [-0.39, 0.29) is 17.5 Å². The molecule has 1 atom stereocenters. The van der Waals surface area contributed by atoms with E-state index in [0.717, 1.165) is 25.0 Å². The smallest absolute Gasteiger partial charge is 0.257 e. The van der Waals surface area contributed by atoms with Crippen molar-refractivity contribution in [2.45, 2.75) is 32.2 Å². The second-order valence-electron chi connectivity index (χ2n) is 7.69. The normalized spacial score (nSPS) is 16.5. The third-order valence-electron chi connectivity index (χ3n) is 5.28. The summed E-state index contributed by atoms with van der Waals surface area (Å²) in [5, 5.41) is 3.98. The molecule has 8 heteroatoms. The van der Waals surface area contributed by atoms with Gasteiger partial charge in [0.05, 0.1) is 28.6 Å². The molecule has 0 radical (unpaired) electrons. The zero-order valence-corrected chi connectivity index (χ0v) is 17.3. The van der Waals surface area contributed by atoms with Crippen LogP contribution in [0.1, 0.15) is 47.1 Å². The van der Waals surface area contributed by atoms with Gasteiger partial charge in [-0.25, -0.2) is 14.4 Å². The number of amides is 1. The molecular formula is C22H24FN5O2. The maximum atomic E-state index is 14.3. The van der Waals surface area contributed by atoms with Crippen LogP contribution in [0.4, 0.5) is 10.3 Å². The van der Waals surface area contributed by atoms with E-state index in [9.17, 15) is 9.18 Å². The Morgan fingerprint density at radius 1 is 1.27 bits per heavy atom. The van der Waals surface area contributed by atoms with Crippen molar-refractivity contribution in [3.63, 3.8) is 0 Å². The summed E-state index contributed by atoms with van der Waals surface area (Å²) in [4.78, 5) is 26.0. The molecule has 1 fully saturated rings. The average molecular weight is 409 g/mol. The predicted molar refractivity (Wildman–Crippen MR) is 111 cm³/mol. The molecule has 7 nitrogen and oxygen atoms in total. The number of carbonyl (C=O) groups is 1. The van der Waals surface area contributed by atoms with E-state index in [1.165, 1.54) is 12.1 Å². The molecule has 0 bridgehead atoms. The van der Waals surface area contributed by atoms with Crippen molar-refractivity contribution >= 4 is 11.9 Å². The van der Waals surface area contributed by atoms with Crippen LogP contribution in [0.2, 0.25) is 0 Å². The SMILES string of the molecule is Cc1cc(-c2cnc(N(C)C)nc2C2CCCCN2C(=O)c2ccccc2F)on1. The molecule has 0 saturated carbocycles. The Kier molecular flexibility index (Phi) is 5.48. The number of aryl methyl sites for hydroxylation is 1. The van der Waals surface area contributed by atoms with E-state index >= 15 is 0 Å². The second kappa shape index (κ2) is 8.22. The van der Waals surface area contributed by atoms with Crippen molar-refractivity contribution in [1.29, 1.82) is 0 Å². The lowest BCUT2D eigenvalue weighted by Gasteiger charge is -2.36. The highest BCUT2D eigenvalue weighted by molar-refractivity contribution is 5.95. The first kappa shape index (κ1) is 20.0. The molecule has 0 N–H and O–H groups in total. The highest BCUT2D eigenvalue weighted by atomic mass is 19.1. The lowest BCUT2D eigenvalue weighted by Crippen LogP contribution is -2.39. The minimum absolute atomic E-state index is 0.0725. The van der Waals surface area contributed by atoms with Crippen LogP contribution in [0.25, 0.3) is 11.3 Å². The van der Waals surface area contributed by atoms with Gasteiger partial charge in [-0.2, -0.15) is 0 Å². The number of carbonyl (C=O) groups excluding carboxylic acids is 1. The molecule has 1 saturated heterocycles. The Bertz CT molecular complexity index is 1070. The minimum Gasteiger partial charge on any atom is -0.356 e. The van der Waals surface area contributed by atoms with Gasteiger partial charge in [-0.1, -0.05) is 17.3 Å². The summed E-state index contributed by atoms with van der Waals surface area (Å²) in [7, 11) is 3.72. The van der Waals surface area contributed by atoms with Gasteiger partial charge in [0.2, 0.25) is 5.95 Å². The fraction of sp³-hybridized carbons (Fsp3) is 0.364. The Balaban J connectivity index is 1.80. The Morgan fingerprint density at radius 3 is 2.77 bits per heavy atom. The topological polar surface area (TPSA) is 75.4 Å². The van der Waals surface area contributed by atoms with E-state index in [4.69, 9.17) is 9.51 Å². The molecular weight excluding hydrogens is 385 g/mol. The van der Waals surface area contributed by atoms with Crippen LogP contribution < -0.4 is 4.90 Å². The Labute approximate surface area is 174 Å². The quantitative estimate of drug-likeness (QED) is 0.648. The lowest BCUT2D eigenvalue weighted by molar-refractivity contribution is 0.0601. The summed E-state index contributed by atoms with van der Waals surface area (Å²) in [6, 6.07) is 7.60. The van der Waals surface area contributed by atoms with Crippen molar-refractivity contribution in [2.75, 3.05) is 25.5 Å². The molecule has 0 spiro atoms. The largest absolute Gasteiger partial charge is 0.356 e. The average Bonchev–Trinajstić information content (AvgIpc) is 3.19. The maximum absolute atomic E-state index is 14.3. The second-order valence-corrected chi connectivity index (χ2v) is 7.69. The number of nitrogens with zero attached hydrogens (tertiary/aromatic N) is 5. The van der Waals surface area contributed by atoms with Gasteiger partial charge in [-0.3, -0.25) is 4.79 Å². The van der Waals surface area contributed by atoms with E-state index < -0.39 is 5.82 Å². The molecule has 3 aromatic rings. The van der Waals surface area contributed by atoms with Gasteiger partial charge in [0.1, 0.15) is 5.82 Å². The molecule has 1 aliphatic rings. The first-order chi connectivity index (χ1) is 14.5. The fourth-order valence-corrected chi connectivity index (χ4v) is 3.78. The zero-order valence-electron chi connectivity index (χ0n) is 17.3. The number of hydrogen-bond acceptors (Lipinski definition) is 6. The lowest BCUT2D eigenvalue weighted by atomic mass is 9.94. The molecule has 4 rings (SSSR count). The van der Waals surface area contributed by atoms with E-state index in [0.29, 0.717) is 29.5 Å². The number of halogens is 1. The van der Waals surface area contributed by atoms with Gasteiger partial charge >= 0.3 is 0 Å². The van der Waals surface area contributed by atoms with E-state index in [2.05, 4.69) is 10.1 Å². The number of hydrogen-bond donors (Lipinski definition) is 0. The summed E-state index contributed by atoms with van der Waals surface area (Å²) in [6.07, 6.45) is 4.24. The van der Waals surface area contributed by atoms with Crippen LogP contribution in [0, 0.1) is 12.7 Å². The molecule has 1 aromatic carbocycles. The molecule has 2 aromatic heterocycles. The minimum atomic E-state index is -0.519. The summed E-state index contributed by atoms with van der Waals surface area (Å²) in [6.45, 7) is 2.38. The number of anilines is 1. The Morgan fingerprint density at radius 2 is 2.07 bits per heavy atom. The molecule has 0 aliphatic carbocycles. The maximum Gasteiger partial charge on any atom is 0.257 e. The monoisotopic (exact) mass is 409 g/mol. The molecule has 1 unspecified atom stereocenters. The van der Waals surface area contributed by atoms with Gasteiger partial charge in [-0.05, 0) is 38.3 Å². The summed E-state index contributed by atoms with van der Waals surface area (Å²) < 4.78 is 19.8. The third-order valence-corrected chi connectivity index (χ3v) is 5.28. The highest BCUT2D eigenvalue weighted by Crippen LogP contribution is 2.37. The third kappa shape index (κ3) is 3.77. The molecule has 1 aliphatic heterocycles. The van der Waals surface area contributed by atoms with Gasteiger partial charge in [0.15, 0.2) is 5.76 Å². The zero-order chi connectivity index (χ0) is 21.3. The van der Waals surface area contributed by atoms with Crippen LogP contribution in [0.5, 0.6) is 0 Å². The summed E-state index contributed by atoms with van der Waals surface area (Å²) >= 11 is 0. The summed E-state index contributed by atoms with van der Waals surface area (Å²) in [5.41, 5.74) is 2.20. The van der Waals surface area contributed by atoms with Crippen LogP contribution in [0.3, 0.4) is 0 Å². The van der Waals surface area contributed by atoms with Crippen molar-refractivity contribution in [3.8, 4) is 11.3 Å². The van der Waals surface area contributed by atoms with E-state index in [1.807, 2.05) is 32.0 Å². The highest BCUT2D eigenvalue weighted by Gasteiger charge is 2.33. The van der Waals surface area contributed by atoms with Crippen molar-refractivity contribution in [2.24, 2.45) is 0 Å². The van der Waals surface area contributed by atoms with Gasteiger partial charge in [0, 0.05) is 32.9 Å². The number of piperidine rings is 1. The number of aromatic nitrogens is 3. The standard InChI is InChI=1S/C22H24FN5O2/c1-14-12-19(30-26-14)16-13-24-22(27(2)3)25-20(16)18-10-6-7-11-28(18)21(29)15-8-4-5-9-17(15)23/h4-5,8-9,12-13,18H,6-7,10-11H2,1-3H3. The first-order valence-electron chi connectivity index (χ1n) is 9.99. The fourth-order valence-electron chi connectivity index (χ4n) is 3.78. The number of rotatable bonds is 4. The van der Waals surface area contributed by atoms with Crippen molar-refractivity contribution in [1.82, 2.24) is 20.0 Å². The molecule has 1 amide bonds. The summed E-state index contributed by atoms with van der Waals surface area (Å²) in [5.74, 6) is 0.239.